The summed E-state index contributed by atoms with van der Waals surface area (Å²) in [5.41, 5.74) is 1.25. The number of carboxylic acids is 1. The summed E-state index contributed by atoms with van der Waals surface area (Å²) in [4.78, 5) is 15.6. The summed E-state index contributed by atoms with van der Waals surface area (Å²) in [5, 5.41) is 9.06. The fourth-order valence-corrected chi connectivity index (χ4v) is 2.66. The van der Waals surface area contributed by atoms with Gasteiger partial charge < -0.3 is 10.0 Å². The van der Waals surface area contributed by atoms with E-state index < -0.39 is 5.97 Å². The molecule has 19 heavy (non-hydrogen) atoms. The topological polar surface area (TPSA) is 43.8 Å². The molecule has 2 rings (SSSR count). The molecule has 0 aliphatic carbocycles. The number of carbonyl (C=O) groups is 1. The highest BCUT2D eigenvalue weighted by Gasteiger charge is 2.30. The van der Waals surface area contributed by atoms with Gasteiger partial charge >= 0.3 is 5.97 Å². The summed E-state index contributed by atoms with van der Waals surface area (Å²) in [6, 6.07) is 10.8. The number of nitrogens with zero attached hydrogens (tertiary/aromatic N) is 2. The minimum atomic E-state index is -0.717. The number of piperazine rings is 1. The number of aliphatic carboxylic acids is 1. The predicted octanol–water partition coefficient (Wildman–Crippen LogP) is 1.67. The molecule has 104 valence electrons. The van der Waals surface area contributed by atoms with Crippen molar-refractivity contribution < 1.29 is 9.90 Å². The van der Waals surface area contributed by atoms with Crippen LogP contribution in [-0.4, -0.2) is 53.1 Å². The molecule has 0 amide bonds. The summed E-state index contributed by atoms with van der Waals surface area (Å²) < 4.78 is 0. The molecule has 4 heteroatoms. The van der Waals surface area contributed by atoms with Crippen LogP contribution >= 0.6 is 0 Å². The van der Waals surface area contributed by atoms with Gasteiger partial charge in [0.25, 0.3) is 0 Å². The number of hydrogen-bond donors (Lipinski definition) is 1. The lowest BCUT2D eigenvalue weighted by Crippen LogP contribution is -2.56. The molecule has 1 aliphatic rings. The van der Waals surface area contributed by atoms with Crippen LogP contribution in [-0.2, 0) is 11.3 Å². The van der Waals surface area contributed by atoms with Crippen LogP contribution in [0.5, 0.6) is 0 Å². The van der Waals surface area contributed by atoms with Gasteiger partial charge in [0, 0.05) is 31.7 Å². The van der Waals surface area contributed by atoms with Crippen LogP contribution in [0.2, 0.25) is 0 Å². The van der Waals surface area contributed by atoms with Gasteiger partial charge in [-0.15, -0.1) is 0 Å². The molecule has 1 saturated heterocycles. The van der Waals surface area contributed by atoms with Gasteiger partial charge in [0.15, 0.2) is 0 Å². The second-order valence-corrected chi connectivity index (χ2v) is 5.46. The van der Waals surface area contributed by atoms with E-state index in [2.05, 4.69) is 35.9 Å². The van der Waals surface area contributed by atoms with Crippen molar-refractivity contribution in [3.05, 3.63) is 35.9 Å². The first-order chi connectivity index (χ1) is 9.06. The molecule has 4 nitrogen and oxygen atoms in total. The quantitative estimate of drug-likeness (QED) is 0.896. The predicted molar refractivity (Wildman–Crippen MR) is 75.0 cm³/mol. The molecule has 0 aromatic heterocycles. The molecular weight excluding hydrogens is 240 g/mol. The fourth-order valence-electron chi connectivity index (χ4n) is 2.66. The molecule has 2 atom stereocenters. The van der Waals surface area contributed by atoms with E-state index >= 15 is 0 Å². The molecule has 0 saturated carbocycles. The largest absolute Gasteiger partial charge is 0.481 e. The lowest BCUT2D eigenvalue weighted by molar-refractivity contribution is -0.139. The number of hydrogen-bond acceptors (Lipinski definition) is 3. The molecule has 1 aliphatic heterocycles. The Hall–Kier alpha value is -1.39. The first-order valence-electron chi connectivity index (χ1n) is 6.76. The van der Waals surface area contributed by atoms with Gasteiger partial charge in [-0.05, 0) is 19.5 Å². The summed E-state index contributed by atoms with van der Waals surface area (Å²) in [5.74, 6) is -0.717. The monoisotopic (exact) mass is 262 g/mol. The SMILES string of the molecule is CC1CN(Cc2ccccc2)C(CC(=O)O)CN1C. The number of likely N-dealkylation sites (N-methyl/N-ethyl adjacent to an activating group) is 1. The average Bonchev–Trinajstić information content (AvgIpc) is 2.36. The first kappa shape index (κ1) is 14.0. The maximum absolute atomic E-state index is 11.0. The van der Waals surface area contributed by atoms with Gasteiger partial charge in [-0.2, -0.15) is 0 Å². The third-order valence-corrected chi connectivity index (χ3v) is 3.91. The number of benzene rings is 1. The van der Waals surface area contributed by atoms with Crippen molar-refractivity contribution in [2.24, 2.45) is 0 Å². The second kappa shape index (κ2) is 6.17. The van der Waals surface area contributed by atoms with E-state index in [0.717, 1.165) is 19.6 Å². The van der Waals surface area contributed by atoms with E-state index in [1.54, 1.807) is 0 Å². The Labute approximate surface area is 114 Å². The van der Waals surface area contributed by atoms with Gasteiger partial charge in [0.1, 0.15) is 0 Å². The Kier molecular flexibility index (Phi) is 4.56. The Bertz CT molecular complexity index is 421. The summed E-state index contributed by atoms with van der Waals surface area (Å²) in [7, 11) is 2.07. The van der Waals surface area contributed by atoms with Crippen molar-refractivity contribution in [1.29, 1.82) is 0 Å². The molecule has 1 aromatic rings. The summed E-state index contributed by atoms with van der Waals surface area (Å²) in [6.45, 7) is 4.76. The van der Waals surface area contributed by atoms with E-state index in [1.165, 1.54) is 5.56 Å². The average molecular weight is 262 g/mol. The smallest absolute Gasteiger partial charge is 0.304 e. The molecule has 0 spiro atoms. The van der Waals surface area contributed by atoms with Crippen LogP contribution in [0.15, 0.2) is 30.3 Å². The minimum Gasteiger partial charge on any atom is -0.481 e. The highest BCUT2D eigenvalue weighted by molar-refractivity contribution is 5.67. The third kappa shape index (κ3) is 3.78. The van der Waals surface area contributed by atoms with Crippen LogP contribution in [0.25, 0.3) is 0 Å². The van der Waals surface area contributed by atoms with Gasteiger partial charge in [0.2, 0.25) is 0 Å². The zero-order valence-corrected chi connectivity index (χ0v) is 11.6. The number of rotatable bonds is 4. The van der Waals surface area contributed by atoms with Gasteiger partial charge in [-0.3, -0.25) is 9.69 Å². The zero-order chi connectivity index (χ0) is 13.8. The van der Waals surface area contributed by atoms with Crippen LogP contribution in [0.4, 0.5) is 0 Å². The van der Waals surface area contributed by atoms with E-state index in [-0.39, 0.29) is 12.5 Å². The maximum Gasteiger partial charge on any atom is 0.304 e. The van der Waals surface area contributed by atoms with Crippen LogP contribution in [0.3, 0.4) is 0 Å². The van der Waals surface area contributed by atoms with E-state index in [4.69, 9.17) is 5.11 Å². The highest BCUT2D eigenvalue weighted by Crippen LogP contribution is 2.19. The fraction of sp³-hybridized carbons (Fsp3) is 0.533. The molecular formula is C15H22N2O2. The van der Waals surface area contributed by atoms with Crippen LogP contribution in [0, 0.1) is 0 Å². The van der Waals surface area contributed by atoms with E-state index in [0.29, 0.717) is 6.04 Å². The Balaban J connectivity index is 2.07. The van der Waals surface area contributed by atoms with Crippen molar-refractivity contribution >= 4 is 5.97 Å². The zero-order valence-electron chi connectivity index (χ0n) is 11.6. The molecule has 1 aromatic carbocycles. The number of carboxylic acid groups (broad SMARTS) is 1. The lowest BCUT2D eigenvalue weighted by atomic mass is 10.0. The first-order valence-corrected chi connectivity index (χ1v) is 6.76. The minimum absolute atomic E-state index is 0.0962. The summed E-state index contributed by atoms with van der Waals surface area (Å²) >= 11 is 0. The van der Waals surface area contributed by atoms with Gasteiger partial charge in [-0.25, -0.2) is 0 Å². The molecule has 1 fully saturated rings. The molecule has 0 bridgehead atoms. The van der Waals surface area contributed by atoms with Crippen LogP contribution < -0.4 is 0 Å². The van der Waals surface area contributed by atoms with Gasteiger partial charge in [-0.1, -0.05) is 30.3 Å². The Morgan fingerprint density at radius 1 is 1.32 bits per heavy atom. The van der Waals surface area contributed by atoms with Gasteiger partial charge in [0.05, 0.1) is 6.42 Å². The van der Waals surface area contributed by atoms with E-state index in [1.807, 2.05) is 18.2 Å². The van der Waals surface area contributed by atoms with Crippen molar-refractivity contribution in [2.75, 3.05) is 20.1 Å². The van der Waals surface area contributed by atoms with Crippen molar-refractivity contribution in [3.63, 3.8) is 0 Å². The standard InChI is InChI=1S/C15H22N2O2/c1-12-9-17(10-13-6-4-3-5-7-13)14(8-15(18)19)11-16(12)2/h3-7,12,14H,8-11H2,1-2H3,(H,18,19). The summed E-state index contributed by atoms with van der Waals surface area (Å²) in [6.07, 6.45) is 0.212. The normalized spacial score (nSPS) is 25.4. The van der Waals surface area contributed by atoms with Crippen molar-refractivity contribution in [3.8, 4) is 0 Å². The van der Waals surface area contributed by atoms with Crippen molar-refractivity contribution in [2.45, 2.75) is 32.0 Å². The molecule has 1 heterocycles. The van der Waals surface area contributed by atoms with Crippen LogP contribution in [0.1, 0.15) is 18.9 Å². The third-order valence-electron chi connectivity index (χ3n) is 3.91. The van der Waals surface area contributed by atoms with E-state index in [9.17, 15) is 4.79 Å². The highest BCUT2D eigenvalue weighted by atomic mass is 16.4. The lowest BCUT2D eigenvalue weighted by Gasteiger charge is -2.43. The molecule has 2 unspecified atom stereocenters. The second-order valence-electron chi connectivity index (χ2n) is 5.46. The maximum atomic E-state index is 11.0. The Morgan fingerprint density at radius 2 is 2.00 bits per heavy atom. The molecule has 1 N–H and O–H groups in total. The Morgan fingerprint density at radius 3 is 2.63 bits per heavy atom. The van der Waals surface area contributed by atoms with Crippen molar-refractivity contribution in [1.82, 2.24) is 9.80 Å². The molecule has 0 radical (unpaired) electrons.